The number of rotatable bonds is 4. The molecule has 0 bridgehead atoms. The molecule has 2 N–H and O–H groups in total. The van der Waals surface area contributed by atoms with Gasteiger partial charge in [-0.25, -0.2) is 0 Å². The predicted octanol–water partition coefficient (Wildman–Crippen LogP) is 1.67. The number of aromatic nitrogens is 2. The third-order valence-electron chi connectivity index (χ3n) is 4.16. The maximum absolute atomic E-state index is 5.87. The lowest BCUT2D eigenvalue weighted by molar-refractivity contribution is 0.261. The molecule has 2 fully saturated rings. The summed E-state index contributed by atoms with van der Waals surface area (Å²) in [5.74, 6) is 0.872. The van der Waals surface area contributed by atoms with Crippen LogP contribution in [0.25, 0.3) is 0 Å². The van der Waals surface area contributed by atoms with Gasteiger partial charge in [0, 0.05) is 30.4 Å². The number of nitrogens with two attached hydrogens (primary N) is 1. The summed E-state index contributed by atoms with van der Waals surface area (Å²) in [7, 11) is 0. The van der Waals surface area contributed by atoms with Crippen LogP contribution in [0.1, 0.15) is 37.8 Å². The fourth-order valence-electron chi connectivity index (χ4n) is 2.56. The fourth-order valence-corrected chi connectivity index (χ4v) is 2.56. The van der Waals surface area contributed by atoms with E-state index in [1.165, 1.54) is 37.8 Å². The minimum atomic E-state index is 0.292. The van der Waals surface area contributed by atoms with Crippen molar-refractivity contribution in [3.05, 3.63) is 18.0 Å². The van der Waals surface area contributed by atoms with Gasteiger partial charge in [-0.2, -0.15) is 5.10 Å². The third kappa shape index (κ3) is 1.49. The Labute approximate surface area is 90.7 Å². The molecular formula is C12H19N3. The SMILES string of the molecule is NCC1(c2ccnn2CC2CCC2)CC1. The summed E-state index contributed by atoms with van der Waals surface area (Å²) in [6, 6.07) is 2.17. The van der Waals surface area contributed by atoms with Gasteiger partial charge in [0.2, 0.25) is 0 Å². The van der Waals surface area contributed by atoms with E-state index in [-0.39, 0.29) is 0 Å². The average molecular weight is 205 g/mol. The van der Waals surface area contributed by atoms with Gasteiger partial charge in [0.05, 0.1) is 0 Å². The third-order valence-corrected chi connectivity index (χ3v) is 4.16. The largest absolute Gasteiger partial charge is 0.330 e. The zero-order chi connectivity index (χ0) is 10.3. The first kappa shape index (κ1) is 9.40. The van der Waals surface area contributed by atoms with E-state index >= 15 is 0 Å². The molecular weight excluding hydrogens is 186 g/mol. The van der Waals surface area contributed by atoms with Crippen LogP contribution in [-0.2, 0) is 12.0 Å². The molecule has 0 radical (unpaired) electrons. The Morgan fingerprint density at radius 1 is 1.47 bits per heavy atom. The molecule has 1 aromatic rings. The van der Waals surface area contributed by atoms with Crippen LogP contribution in [0.2, 0.25) is 0 Å². The van der Waals surface area contributed by atoms with Crippen molar-refractivity contribution in [2.45, 2.75) is 44.1 Å². The molecule has 2 aliphatic carbocycles. The molecule has 82 valence electrons. The second-order valence-electron chi connectivity index (χ2n) is 5.18. The van der Waals surface area contributed by atoms with Crippen molar-refractivity contribution in [2.75, 3.05) is 6.54 Å². The van der Waals surface area contributed by atoms with Crippen LogP contribution in [0.15, 0.2) is 12.3 Å². The Morgan fingerprint density at radius 3 is 2.80 bits per heavy atom. The molecule has 1 aromatic heterocycles. The van der Waals surface area contributed by atoms with Crippen LogP contribution in [0.5, 0.6) is 0 Å². The van der Waals surface area contributed by atoms with E-state index in [9.17, 15) is 0 Å². The van der Waals surface area contributed by atoms with E-state index in [1.807, 2.05) is 6.20 Å². The number of hydrogen-bond donors (Lipinski definition) is 1. The Hall–Kier alpha value is -0.830. The zero-order valence-electron chi connectivity index (χ0n) is 9.15. The Bertz CT molecular complexity index is 348. The topological polar surface area (TPSA) is 43.8 Å². The highest BCUT2D eigenvalue weighted by atomic mass is 15.3. The lowest BCUT2D eigenvalue weighted by Crippen LogP contribution is -2.27. The summed E-state index contributed by atoms with van der Waals surface area (Å²) in [5.41, 5.74) is 7.54. The van der Waals surface area contributed by atoms with Crippen LogP contribution >= 0.6 is 0 Å². The van der Waals surface area contributed by atoms with Crippen LogP contribution in [0, 0.1) is 5.92 Å². The molecule has 0 unspecified atom stereocenters. The summed E-state index contributed by atoms with van der Waals surface area (Å²) in [4.78, 5) is 0. The molecule has 1 heterocycles. The van der Waals surface area contributed by atoms with Gasteiger partial charge in [-0.3, -0.25) is 4.68 Å². The molecule has 0 amide bonds. The molecule has 0 saturated heterocycles. The zero-order valence-corrected chi connectivity index (χ0v) is 9.15. The van der Waals surface area contributed by atoms with E-state index in [1.54, 1.807) is 0 Å². The highest BCUT2D eigenvalue weighted by Crippen LogP contribution is 2.47. The molecule has 3 nitrogen and oxygen atoms in total. The maximum Gasteiger partial charge on any atom is 0.0492 e. The van der Waals surface area contributed by atoms with Gasteiger partial charge in [-0.05, 0) is 37.7 Å². The van der Waals surface area contributed by atoms with Crippen LogP contribution in [-0.4, -0.2) is 16.3 Å². The second-order valence-corrected chi connectivity index (χ2v) is 5.18. The highest BCUT2D eigenvalue weighted by Gasteiger charge is 2.45. The van der Waals surface area contributed by atoms with Crippen LogP contribution < -0.4 is 5.73 Å². The quantitative estimate of drug-likeness (QED) is 0.812. The minimum Gasteiger partial charge on any atom is -0.330 e. The van der Waals surface area contributed by atoms with Crippen molar-refractivity contribution < 1.29 is 0 Å². The molecule has 3 heteroatoms. The second kappa shape index (κ2) is 3.34. The van der Waals surface area contributed by atoms with E-state index in [4.69, 9.17) is 5.73 Å². The monoisotopic (exact) mass is 205 g/mol. The predicted molar refractivity (Wildman–Crippen MR) is 59.5 cm³/mol. The van der Waals surface area contributed by atoms with E-state index < -0.39 is 0 Å². The van der Waals surface area contributed by atoms with Gasteiger partial charge < -0.3 is 5.73 Å². The Kier molecular flexibility index (Phi) is 2.09. The van der Waals surface area contributed by atoms with Gasteiger partial charge in [-0.1, -0.05) is 6.42 Å². The van der Waals surface area contributed by atoms with Gasteiger partial charge in [0.15, 0.2) is 0 Å². The van der Waals surface area contributed by atoms with Crippen LogP contribution in [0.3, 0.4) is 0 Å². The van der Waals surface area contributed by atoms with Crippen molar-refractivity contribution in [2.24, 2.45) is 11.7 Å². The fraction of sp³-hybridized carbons (Fsp3) is 0.750. The minimum absolute atomic E-state index is 0.292. The Balaban J connectivity index is 1.79. The van der Waals surface area contributed by atoms with Crippen molar-refractivity contribution in [1.82, 2.24) is 9.78 Å². The van der Waals surface area contributed by atoms with Gasteiger partial charge in [0.1, 0.15) is 0 Å². The van der Waals surface area contributed by atoms with Crippen molar-refractivity contribution in [1.29, 1.82) is 0 Å². The first-order chi connectivity index (χ1) is 7.34. The lowest BCUT2D eigenvalue weighted by atomic mass is 9.85. The van der Waals surface area contributed by atoms with Crippen molar-refractivity contribution in [3.8, 4) is 0 Å². The van der Waals surface area contributed by atoms with Crippen molar-refractivity contribution >= 4 is 0 Å². The van der Waals surface area contributed by atoms with Gasteiger partial charge in [0.25, 0.3) is 0 Å². The summed E-state index contributed by atoms with van der Waals surface area (Å²) < 4.78 is 2.21. The molecule has 2 saturated carbocycles. The number of nitrogens with zero attached hydrogens (tertiary/aromatic N) is 2. The van der Waals surface area contributed by atoms with E-state index in [0.717, 1.165) is 19.0 Å². The smallest absolute Gasteiger partial charge is 0.0492 e. The van der Waals surface area contributed by atoms with E-state index in [0.29, 0.717) is 5.41 Å². The molecule has 0 aliphatic heterocycles. The first-order valence-corrected chi connectivity index (χ1v) is 6.06. The summed E-state index contributed by atoms with van der Waals surface area (Å²) in [5, 5.41) is 4.45. The normalized spacial score (nSPS) is 23.8. The maximum atomic E-state index is 5.87. The van der Waals surface area contributed by atoms with Gasteiger partial charge in [-0.15, -0.1) is 0 Å². The van der Waals surface area contributed by atoms with Gasteiger partial charge >= 0.3 is 0 Å². The average Bonchev–Trinajstić information content (AvgIpc) is 2.85. The standard InChI is InChI=1S/C12H19N3/c13-9-12(5-6-12)11-4-7-14-15(11)8-10-2-1-3-10/h4,7,10H,1-3,5-6,8-9,13H2. The molecule has 2 aliphatic rings. The molecule has 0 atom stereocenters. The van der Waals surface area contributed by atoms with Crippen LogP contribution in [0.4, 0.5) is 0 Å². The van der Waals surface area contributed by atoms with E-state index in [2.05, 4.69) is 15.8 Å². The number of hydrogen-bond acceptors (Lipinski definition) is 2. The summed E-state index contributed by atoms with van der Waals surface area (Å²) in [6.07, 6.45) is 8.61. The molecule has 3 rings (SSSR count). The Morgan fingerprint density at radius 2 is 2.27 bits per heavy atom. The highest BCUT2D eigenvalue weighted by molar-refractivity contribution is 5.25. The van der Waals surface area contributed by atoms with Crippen molar-refractivity contribution in [3.63, 3.8) is 0 Å². The summed E-state index contributed by atoms with van der Waals surface area (Å²) in [6.45, 7) is 1.90. The molecule has 0 aromatic carbocycles. The molecule has 15 heavy (non-hydrogen) atoms. The lowest BCUT2D eigenvalue weighted by Gasteiger charge is -2.27. The summed E-state index contributed by atoms with van der Waals surface area (Å²) >= 11 is 0. The molecule has 0 spiro atoms. The first-order valence-electron chi connectivity index (χ1n) is 6.06.